The van der Waals surface area contributed by atoms with Crippen LogP contribution in [0, 0.1) is 5.92 Å². The highest BCUT2D eigenvalue weighted by Gasteiger charge is 2.33. The fourth-order valence-corrected chi connectivity index (χ4v) is 2.07. The molecule has 1 aromatic heterocycles. The minimum atomic E-state index is -4.27. The predicted molar refractivity (Wildman–Crippen MR) is 53.9 cm³/mol. The monoisotopic (exact) mass is 230 g/mol. The van der Waals surface area contributed by atoms with Crippen LogP contribution in [0.25, 0.3) is 0 Å². The van der Waals surface area contributed by atoms with Gasteiger partial charge in [0.15, 0.2) is 0 Å². The molecule has 0 amide bonds. The molecule has 1 fully saturated rings. The summed E-state index contributed by atoms with van der Waals surface area (Å²) in [6, 6.07) is 1.05. The summed E-state index contributed by atoms with van der Waals surface area (Å²) in [5.41, 5.74) is -0.238. The first-order valence-corrected chi connectivity index (χ1v) is 5.28. The molecule has 0 saturated carbocycles. The smallest absolute Gasteiger partial charge is 0.316 e. The molecule has 0 aromatic carbocycles. The van der Waals surface area contributed by atoms with Crippen molar-refractivity contribution in [3.63, 3.8) is 0 Å². The Balaban J connectivity index is 2.19. The first-order valence-electron chi connectivity index (χ1n) is 5.28. The van der Waals surface area contributed by atoms with Crippen LogP contribution in [0.4, 0.5) is 13.2 Å². The lowest BCUT2D eigenvalue weighted by Crippen LogP contribution is -2.15. The van der Waals surface area contributed by atoms with Gasteiger partial charge < -0.3 is 5.32 Å². The van der Waals surface area contributed by atoms with Gasteiger partial charge in [0.05, 0.1) is 5.56 Å². The summed E-state index contributed by atoms with van der Waals surface area (Å²) >= 11 is 0. The van der Waals surface area contributed by atoms with E-state index in [1.54, 1.807) is 0 Å². The number of pyridine rings is 1. The van der Waals surface area contributed by atoms with Gasteiger partial charge in [-0.15, -0.1) is 0 Å². The van der Waals surface area contributed by atoms with Gasteiger partial charge in [-0.25, -0.2) is 0 Å². The number of nitrogens with one attached hydrogen (secondary N) is 1. The minimum Gasteiger partial charge on any atom is -0.316 e. The van der Waals surface area contributed by atoms with E-state index in [2.05, 4.69) is 10.3 Å². The molecule has 0 spiro atoms. The van der Waals surface area contributed by atoms with Crippen molar-refractivity contribution in [1.29, 1.82) is 0 Å². The molecular weight excluding hydrogens is 217 g/mol. The van der Waals surface area contributed by atoms with E-state index in [1.807, 2.05) is 0 Å². The Bertz CT molecular complexity index is 356. The Morgan fingerprint density at radius 2 is 2.25 bits per heavy atom. The van der Waals surface area contributed by atoms with Crippen molar-refractivity contribution in [3.05, 3.63) is 29.6 Å². The van der Waals surface area contributed by atoms with Crippen molar-refractivity contribution in [2.75, 3.05) is 13.1 Å². The van der Waals surface area contributed by atoms with Crippen LogP contribution in [0.15, 0.2) is 18.5 Å². The lowest BCUT2D eigenvalue weighted by atomic mass is 9.96. The fourth-order valence-electron chi connectivity index (χ4n) is 2.07. The fraction of sp³-hybridized carbons (Fsp3) is 0.545. The van der Waals surface area contributed by atoms with Gasteiger partial charge in [-0.1, -0.05) is 0 Å². The number of nitrogens with zero attached hydrogens (tertiary/aromatic N) is 1. The standard InChI is InChI=1S/C11H13F3N2/c12-11(13,14)10-2-4-16-7-9(10)5-8-1-3-15-6-8/h2,4,7-8,15H,1,3,5-6H2. The lowest BCUT2D eigenvalue weighted by Gasteiger charge is -2.14. The van der Waals surface area contributed by atoms with E-state index >= 15 is 0 Å². The second-order valence-electron chi connectivity index (χ2n) is 4.09. The van der Waals surface area contributed by atoms with Crippen molar-refractivity contribution in [3.8, 4) is 0 Å². The molecule has 1 atom stereocenters. The number of hydrogen-bond donors (Lipinski definition) is 1. The van der Waals surface area contributed by atoms with Crippen molar-refractivity contribution in [2.24, 2.45) is 5.92 Å². The number of aromatic nitrogens is 1. The molecule has 0 aliphatic carbocycles. The molecule has 1 aromatic rings. The zero-order valence-corrected chi connectivity index (χ0v) is 8.72. The van der Waals surface area contributed by atoms with Crippen molar-refractivity contribution < 1.29 is 13.2 Å². The van der Waals surface area contributed by atoms with Gasteiger partial charge in [0.25, 0.3) is 0 Å². The van der Waals surface area contributed by atoms with E-state index in [0.717, 1.165) is 25.6 Å². The van der Waals surface area contributed by atoms with Gasteiger partial charge >= 0.3 is 6.18 Å². The second-order valence-corrected chi connectivity index (χ2v) is 4.09. The van der Waals surface area contributed by atoms with Crippen molar-refractivity contribution in [1.82, 2.24) is 10.3 Å². The van der Waals surface area contributed by atoms with Crippen LogP contribution in [0.2, 0.25) is 0 Å². The van der Waals surface area contributed by atoms with Crippen LogP contribution in [-0.4, -0.2) is 18.1 Å². The van der Waals surface area contributed by atoms with Gasteiger partial charge in [0, 0.05) is 12.4 Å². The highest BCUT2D eigenvalue weighted by atomic mass is 19.4. The van der Waals surface area contributed by atoms with Crippen LogP contribution in [0.3, 0.4) is 0 Å². The van der Waals surface area contributed by atoms with Crippen LogP contribution in [-0.2, 0) is 12.6 Å². The summed E-state index contributed by atoms with van der Waals surface area (Å²) in [6.07, 6.45) is -0.355. The third-order valence-electron chi connectivity index (χ3n) is 2.88. The normalized spacial score (nSPS) is 21.3. The molecule has 2 rings (SSSR count). The topological polar surface area (TPSA) is 24.9 Å². The summed E-state index contributed by atoms with van der Waals surface area (Å²) in [7, 11) is 0. The lowest BCUT2D eigenvalue weighted by molar-refractivity contribution is -0.138. The summed E-state index contributed by atoms with van der Waals surface area (Å²) in [5.74, 6) is 0.297. The zero-order chi connectivity index (χ0) is 11.6. The Morgan fingerprint density at radius 1 is 1.44 bits per heavy atom. The number of rotatable bonds is 2. The van der Waals surface area contributed by atoms with Crippen LogP contribution < -0.4 is 5.32 Å². The van der Waals surface area contributed by atoms with E-state index in [-0.39, 0.29) is 0 Å². The van der Waals surface area contributed by atoms with Crippen LogP contribution >= 0.6 is 0 Å². The minimum absolute atomic E-state index is 0.297. The van der Waals surface area contributed by atoms with Gasteiger partial charge in [-0.3, -0.25) is 4.98 Å². The van der Waals surface area contributed by atoms with Gasteiger partial charge in [0.1, 0.15) is 0 Å². The Labute approximate surface area is 91.9 Å². The van der Waals surface area contributed by atoms with Crippen LogP contribution in [0.5, 0.6) is 0 Å². The predicted octanol–water partition coefficient (Wildman–Crippen LogP) is 2.25. The number of halogens is 3. The van der Waals surface area contributed by atoms with Crippen molar-refractivity contribution in [2.45, 2.75) is 19.0 Å². The maximum Gasteiger partial charge on any atom is 0.416 e. The molecule has 88 valence electrons. The van der Waals surface area contributed by atoms with E-state index < -0.39 is 11.7 Å². The molecule has 1 unspecified atom stereocenters. The molecule has 0 bridgehead atoms. The molecule has 2 heterocycles. The third-order valence-corrected chi connectivity index (χ3v) is 2.88. The van der Waals surface area contributed by atoms with E-state index in [1.165, 1.54) is 12.4 Å². The highest BCUT2D eigenvalue weighted by molar-refractivity contribution is 5.26. The molecule has 1 aliphatic heterocycles. The van der Waals surface area contributed by atoms with Crippen LogP contribution in [0.1, 0.15) is 17.5 Å². The molecule has 1 N–H and O–H groups in total. The first-order chi connectivity index (χ1) is 7.57. The largest absolute Gasteiger partial charge is 0.416 e. The Morgan fingerprint density at radius 3 is 2.88 bits per heavy atom. The molecule has 1 saturated heterocycles. The van der Waals surface area contributed by atoms with Gasteiger partial charge in [-0.2, -0.15) is 13.2 Å². The summed E-state index contributed by atoms with van der Waals surface area (Å²) in [5, 5.41) is 3.15. The molecule has 1 aliphatic rings. The van der Waals surface area contributed by atoms with E-state index in [0.29, 0.717) is 17.9 Å². The Kier molecular flexibility index (Phi) is 3.14. The zero-order valence-electron chi connectivity index (χ0n) is 8.72. The maximum atomic E-state index is 12.7. The Hall–Kier alpha value is -1.10. The number of alkyl halides is 3. The summed E-state index contributed by atoms with van der Waals surface area (Å²) < 4.78 is 38.0. The molecule has 0 radical (unpaired) electrons. The average Bonchev–Trinajstić information content (AvgIpc) is 2.70. The molecule has 5 heteroatoms. The third kappa shape index (κ3) is 2.52. The number of hydrogen-bond acceptors (Lipinski definition) is 2. The maximum absolute atomic E-state index is 12.7. The molecule has 16 heavy (non-hydrogen) atoms. The molecule has 2 nitrogen and oxygen atoms in total. The molecular formula is C11H13F3N2. The van der Waals surface area contributed by atoms with Gasteiger partial charge in [0.2, 0.25) is 0 Å². The van der Waals surface area contributed by atoms with Crippen molar-refractivity contribution >= 4 is 0 Å². The summed E-state index contributed by atoms with van der Waals surface area (Å²) in [4.78, 5) is 3.78. The van der Waals surface area contributed by atoms with Gasteiger partial charge in [-0.05, 0) is 43.5 Å². The average molecular weight is 230 g/mol. The van der Waals surface area contributed by atoms with E-state index in [9.17, 15) is 13.2 Å². The first kappa shape index (κ1) is 11.4. The second kappa shape index (κ2) is 4.41. The summed E-state index contributed by atoms with van der Waals surface area (Å²) in [6.45, 7) is 1.69. The SMILES string of the molecule is FC(F)(F)c1ccncc1CC1CCNC1. The van der Waals surface area contributed by atoms with E-state index in [4.69, 9.17) is 0 Å². The quantitative estimate of drug-likeness (QED) is 0.842. The highest BCUT2D eigenvalue weighted by Crippen LogP contribution is 2.32.